The van der Waals surface area contributed by atoms with Gasteiger partial charge in [-0.15, -0.1) is 0 Å². The van der Waals surface area contributed by atoms with E-state index in [0.717, 1.165) is 16.9 Å². The molecule has 9 heteroatoms. The van der Waals surface area contributed by atoms with Crippen LogP contribution in [-0.2, 0) is 10.0 Å². The summed E-state index contributed by atoms with van der Waals surface area (Å²) < 4.78 is 27.6. The van der Waals surface area contributed by atoms with Crippen molar-refractivity contribution in [2.24, 2.45) is 0 Å². The number of nitrogens with zero attached hydrogens (tertiary/aromatic N) is 5. The zero-order valence-electron chi connectivity index (χ0n) is 15.4. The Morgan fingerprint density at radius 2 is 2.21 bits per heavy atom. The minimum atomic E-state index is -3.64. The Labute approximate surface area is 163 Å². The Hall–Kier alpha value is -2.96. The molecule has 8 nitrogen and oxygen atoms in total. The molecule has 2 aromatic heterocycles. The molecule has 1 aliphatic rings. The van der Waals surface area contributed by atoms with Gasteiger partial charge < -0.3 is 9.88 Å². The molecule has 0 amide bonds. The number of benzene rings is 1. The van der Waals surface area contributed by atoms with E-state index in [9.17, 15) is 8.42 Å². The molecular formula is C19H20N6O2S. The fraction of sp³-hybridized carbons (Fsp3) is 0.316. The number of H-pyrrole nitrogens is 1. The molecule has 1 unspecified atom stereocenters. The fourth-order valence-corrected chi connectivity index (χ4v) is 5.27. The van der Waals surface area contributed by atoms with Crippen LogP contribution in [0.1, 0.15) is 18.9 Å². The first-order valence-corrected chi connectivity index (χ1v) is 10.5. The lowest BCUT2D eigenvalue weighted by Crippen LogP contribution is -2.39. The molecule has 1 fully saturated rings. The highest BCUT2D eigenvalue weighted by atomic mass is 32.2. The second kappa shape index (κ2) is 7.22. The molecule has 0 saturated carbocycles. The second-order valence-corrected chi connectivity index (χ2v) is 8.61. The predicted octanol–water partition coefficient (Wildman–Crippen LogP) is 2.12. The quantitative estimate of drug-likeness (QED) is 0.708. The smallest absolute Gasteiger partial charge is 0.243 e. The zero-order chi connectivity index (χ0) is 19.7. The van der Waals surface area contributed by atoms with Gasteiger partial charge in [-0.05, 0) is 37.6 Å². The van der Waals surface area contributed by atoms with Gasteiger partial charge in [-0.2, -0.15) is 9.57 Å². The van der Waals surface area contributed by atoms with Crippen molar-refractivity contribution in [3.05, 3.63) is 48.4 Å². The van der Waals surface area contributed by atoms with Crippen LogP contribution in [0.25, 0.3) is 11.0 Å². The first-order chi connectivity index (χ1) is 13.5. The van der Waals surface area contributed by atoms with E-state index in [1.807, 2.05) is 25.3 Å². The molecule has 1 aromatic carbocycles. The number of hydrogen-bond donors (Lipinski definition) is 1. The molecule has 144 valence electrons. The monoisotopic (exact) mass is 396 g/mol. The average Bonchev–Trinajstić information content (AvgIpc) is 3.39. The first kappa shape index (κ1) is 18.4. The number of aromatic nitrogens is 3. The van der Waals surface area contributed by atoms with Crippen molar-refractivity contribution in [2.45, 2.75) is 24.3 Å². The summed E-state index contributed by atoms with van der Waals surface area (Å²) in [6.07, 6.45) is 4.05. The van der Waals surface area contributed by atoms with Crippen molar-refractivity contribution in [1.29, 1.82) is 5.26 Å². The van der Waals surface area contributed by atoms with E-state index in [1.165, 1.54) is 22.8 Å². The van der Waals surface area contributed by atoms with E-state index < -0.39 is 10.0 Å². The lowest BCUT2D eigenvalue weighted by molar-refractivity contribution is 0.469. The molecule has 0 bridgehead atoms. The van der Waals surface area contributed by atoms with E-state index in [2.05, 4.69) is 19.9 Å². The minimum absolute atomic E-state index is 0.0203. The third-order valence-corrected chi connectivity index (χ3v) is 6.97. The highest BCUT2D eigenvalue weighted by Gasteiger charge is 2.36. The zero-order valence-corrected chi connectivity index (χ0v) is 16.2. The molecule has 28 heavy (non-hydrogen) atoms. The van der Waals surface area contributed by atoms with E-state index >= 15 is 0 Å². The normalized spacial score (nSPS) is 17.6. The van der Waals surface area contributed by atoms with Crippen LogP contribution < -0.4 is 4.90 Å². The van der Waals surface area contributed by atoms with Crippen LogP contribution in [0, 0.1) is 11.3 Å². The average molecular weight is 396 g/mol. The van der Waals surface area contributed by atoms with Crippen LogP contribution in [0.15, 0.2) is 47.8 Å². The number of nitriles is 1. The van der Waals surface area contributed by atoms with Crippen molar-refractivity contribution in [2.75, 3.05) is 24.5 Å². The standard InChI is InChI=1S/C19H20N6O2S/c1-2-25(19-17-6-8-21-18(17)22-13-23-19)15-7-9-24(12-15)28(26,27)16-5-3-4-14(10-16)11-20/h3-6,8,10,13,15H,2,7,9,12H2,1H3,(H,21,22,23). The van der Waals surface area contributed by atoms with Gasteiger partial charge in [0.1, 0.15) is 17.8 Å². The summed E-state index contributed by atoms with van der Waals surface area (Å²) in [6.45, 7) is 3.55. The van der Waals surface area contributed by atoms with Crippen LogP contribution in [-0.4, -0.2) is 53.4 Å². The van der Waals surface area contributed by atoms with Crippen LogP contribution in [0.3, 0.4) is 0 Å². The molecule has 3 aromatic rings. The van der Waals surface area contributed by atoms with Crippen molar-refractivity contribution in [3.8, 4) is 6.07 Å². The van der Waals surface area contributed by atoms with Gasteiger partial charge in [0.05, 0.1) is 21.9 Å². The molecule has 1 aliphatic heterocycles. The van der Waals surface area contributed by atoms with Crippen molar-refractivity contribution < 1.29 is 8.42 Å². The number of fused-ring (bicyclic) bond motifs is 1. The maximum absolute atomic E-state index is 13.0. The lowest BCUT2D eigenvalue weighted by Gasteiger charge is -2.29. The molecule has 0 spiro atoms. The molecule has 1 N–H and O–H groups in total. The Bertz CT molecular complexity index is 1150. The highest BCUT2D eigenvalue weighted by Crippen LogP contribution is 2.29. The number of anilines is 1. The van der Waals surface area contributed by atoms with Gasteiger partial charge in [0.25, 0.3) is 0 Å². The Balaban J connectivity index is 1.60. The first-order valence-electron chi connectivity index (χ1n) is 9.09. The minimum Gasteiger partial charge on any atom is -0.352 e. The summed E-state index contributed by atoms with van der Waals surface area (Å²) in [5.74, 6) is 0.810. The number of rotatable bonds is 5. The number of aromatic amines is 1. The number of sulfonamides is 1. The Morgan fingerprint density at radius 3 is 3.00 bits per heavy atom. The maximum atomic E-state index is 13.0. The topological polar surface area (TPSA) is 106 Å². The summed E-state index contributed by atoms with van der Waals surface area (Å²) in [4.78, 5) is 14.1. The van der Waals surface area contributed by atoms with Gasteiger partial charge in [0, 0.05) is 31.9 Å². The Morgan fingerprint density at radius 1 is 1.36 bits per heavy atom. The largest absolute Gasteiger partial charge is 0.352 e. The van der Waals surface area contributed by atoms with Gasteiger partial charge in [-0.3, -0.25) is 0 Å². The van der Waals surface area contributed by atoms with Crippen LogP contribution in [0.2, 0.25) is 0 Å². The summed E-state index contributed by atoms with van der Waals surface area (Å²) in [5, 5.41) is 9.98. The van der Waals surface area contributed by atoms with E-state index in [4.69, 9.17) is 5.26 Å². The molecular weight excluding hydrogens is 376 g/mol. The third kappa shape index (κ3) is 3.10. The highest BCUT2D eigenvalue weighted by molar-refractivity contribution is 7.89. The molecule has 0 radical (unpaired) electrons. The van der Waals surface area contributed by atoms with Gasteiger partial charge in [-0.25, -0.2) is 18.4 Å². The number of nitrogens with one attached hydrogen (secondary N) is 1. The molecule has 1 saturated heterocycles. The number of likely N-dealkylation sites (N-methyl/N-ethyl adjacent to an activating group) is 1. The van der Waals surface area contributed by atoms with E-state index in [1.54, 1.807) is 12.1 Å². The SMILES string of the molecule is CCN(c1ncnc2[nH]ccc12)C1CCN(S(=O)(=O)c2cccc(C#N)c2)C1. The fourth-order valence-electron chi connectivity index (χ4n) is 3.73. The van der Waals surface area contributed by atoms with Gasteiger partial charge >= 0.3 is 0 Å². The van der Waals surface area contributed by atoms with Gasteiger partial charge in [0.15, 0.2) is 0 Å². The molecule has 0 aliphatic carbocycles. The van der Waals surface area contributed by atoms with Crippen LogP contribution in [0.4, 0.5) is 5.82 Å². The van der Waals surface area contributed by atoms with Crippen LogP contribution >= 0.6 is 0 Å². The lowest BCUT2D eigenvalue weighted by atomic mass is 10.2. The summed E-state index contributed by atoms with van der Waals surface area (Å²) >= 11 is 0. The third-order valence-electron chi connectivity index (χ3n) is 5.11. The van der Waals surface area contributed by atoms with Gasteiger partial charge in [0.2, 0.25) is 10.0 Å². The summed E-state index contributed by atoms with van der Waals surface area (Å²) in [5.41, 5.74) is 1.10. The molecule has 4 rings (SSSR count). The van der Waals surface area contributed by atoms with Gasteiger partial charge in [-0.1, -0.05) is 6.07 Å². The van der Waals surface area contributed by atoms with E-state index in [0.29, 0.717) is 31.6 Å². The molecule has 3 heterocycles. The van der Waals surface area contributed by atoms with Crippen molar-refractivity contribution >= 4 is 26.9 Å². The maximum Gasteiger partial charge on any atom is 0.243 e. The summed E-state index contributed by atoms with van der Waals surface area (Å²) in [6, 6.07) is 10.1. The van der Waals surface area contributed by atoms with E-state index in [-0.39, 0.29) is 10.9 Å². The second-order valence-electron chi connectivity index (χ2n) is 6.67. The predicted molar refractivity (Wildman–Crippen MR) is 105 cm³/mol. The van der Waals surface area contributed by atoms with Crippen molar-refractivity contribution in [3.63, 3.8) is 0 Å². The summed E-state index contributed by atoms with van der Waals surface area (Å²) in [7, 11) is -3.64. The van der Waals surface area contributed by atoms with Crippen molar-refractivity contribution in [1.82, 2.24) is 19.3 Å². The van der Waals surface area contributed by atoms with Crippen LogP contribution in [0.5, 0.6) is 0 Å². The Kier molecular flexibility index (Phi) is 4.75. The molecule has 1 atom stereocenters. The number of hydrogen-bond acceptors (Lipinski definition) is 6.